The average molecular weight is 493 g/mol. The SMILES string of the molecule is Cc1ccc(S(=O)(=O)n2cc(N)c3cc(-c4cccc(OCCN5CCOCC5)c4)cnc32)cc1. The van der Waals surface area contributed by atoms with Gasteiger partial charge in [-0.3, -0.25) is 4.90 Å². The van der Waals surface area contributed by atoms with Crippen LogP contribution >= 0.6 is 0 Å². The van der Waals surface area contributed by atoms with E-state index in [0.29, 0.717) is 23.3 Å². The number of aromatic nitrogens is 2. The van der Waals surface area contributed by atoms with Crippen LogP contribution in [0.4, 0.5) is 5.69 Å². The van der Waals surface area contributed by atoms with E-state index in [-0.39, 0.29) is 4.90 Å². The molecule has 0 saturated carbocycles. The number of benzene rings is 2. The van der Waals surface area contributed by atoms with E-state index in [2.05, 4.69) is 9.88 Å². The van der Waals surface area contributed by atoms with Gasteiger partial charge in [0.25, 0.3) is 10.0 Å². The molecule has 0 bridgehead atoms. The van der Waals surface area contributed by atoms with Crippen molar-refractivity contribution in [3.63, 3.8) is 0 Å². The third kappa shape index (κ3) is 4.88. The highest BCUT2D eigenvalue weighted by molar-refractivity contribution is 7.90. The number of aryl methyl sites for hydroxylation is 1. The smallest absolute Gasteiger partial charge is 0.269 e. The van der Waals surface area contributed by atoms with Crippen LogP contribution in [0.2, 0.25) is 0 Å². The molecule has 8 nitrogen and oxygen atoms in total. The Morgan fingerprint density at radius 1 is 1.06 bits per heavy atom. The van der Waals surface area contributed by atoms with Crippen molar-refractivity contribution in [3.05, 3.63) is 72.6 Å². The number of anilines is 1. The molecule has 2 aromatic carbocycles. The van der Waals surface area contributed by atoms with Crippen LogP contribution in [0.5, 0.6) is 5.75 Å². The zero-order valence-electron chi connectivity index (χ0n) is 19.6. The average Bonchev–Trinajstić information content (AvgIpc) is 3.22. The second kappa shape index (κ2) is 9.69. The maximum Gasteiger partial charge on any atom is 0.269 e. The molecular formula is C26H28N4O4S. The number of hydrogen-bond donors (Lipinski definition) is 1. The zero-order valence-corrected chi connectivity index (χ0v) is 20.4. The Labute approximate surface area is 205 Å². The minimum Gasteiger partial charge on any atom is -0.492 e. The lowest BCUT2D eigenvalue weighted by molar-refractivity contribution is 0.0322. The minimum absolute atomic E-state index is 0.188. The van der Waals surface area contributed by atoms with E-state index >= 15 is 0 Å². The molecule has 0 atom stereocenters. The van der Waals surface area contributed by atoms with Gasteiger partial charge in [-0.2, -0.15) is 0 Å². The summed E-state index contributed by atoms with van der Waals surface area (Å²) in [6.45, 7) is 6.73. The first-order valence-electron chi connectivity index (χ1n) is 11.5. The first-order chi connectivity index (χ1) is 16.9. The molecule has 182 valence electrons. The monoisotopic (exact) mass is 492 g/mol. The molecule has 0 amide bonds. The van der Waals surface area contributed by atoms with Gasteiger partial charge < -0.3 is 15.2 Å². The molecule has 2 aromatic heterocycles. The van der Waals surface area contributed by atoms with Crippen molar-refractivity contribution in [2.24, 2.45) is 0 Å². The number of nitrogens with two attached hydrogens (primary N) is 1. The van der Waals surface area contributed by atoms with E-state index in [1.165, 1.54) is 6.20 Å². The topological polar surface area (TPSA) is 99.7 Å². The lowest BCUT2D eigenvalue weighted by atomic mass is 10.1. The molecule has 5 rings (SSSR count). The van der Waals surface area contributed by atoms with Crippen LogP contribution in [0.15, 0.2) is 71.9 Å². The molecule has 2 N–H and O–H groups in total. The van der Waals surface area contributed by atoms with E-state index in [9.17, 15) is 8.42 Å². The summed E-state index contributed by atoms with van der Waals surface area (Å²) in [5, 5.41) is 0.580. The van der Waals surface area contributed by atoms with E-state index in [1.807, 2.05) is 37.3 Å². The Kier molecular flexibility index (Phi) is 6.46. The lowest BCUT2D eigenvalue weighted by Gasteiger charge is -2.26. The van der Waals surface area contributed by atoms with Gasteiger partial charge in [0.05, 0.1) is 23.8 Å². The number of rotatable bonds is 7. The van der Waals surface area contributed by atoms with Crippen LogP contribution in [0.25, 0.3) is 22.2 Å². The third-order valence-corrected chi connectivity index (χ3v) is 7.83. The summed E-state index contributed by atoms with van der Waals surface area (Å²) >= 11 is 0. The van der Waals surface area contributed by atoms with Crippen molar-refractivity contribution in [1.82, 2.24) is 13.9 Å². The fourth-order valence-electron chi connectivity index (χ4n) is 4.15. The van der Waals surface area contributed by atoms with E-state index < -0.39 is 10.0 Å². The number of nitrogens with zero attached hydrogens (tertiary/aromatic N) is 3. The molecule has 4 aromatic rings. The van der Waals surface area contributed by atoms with Crippen LogP contribution in [-0.4, -0.2) is 61.7 Å². The summed E-state index contributed by atoms with van der Waals surface area (Å²) in [6, 6.07) is 16.4. The molecule has 9 heteroatoms. The highest BCUT2D eigenvalue weighted by Crippen LogP contribution is 2.31. The molecule has 3 heterocycles. The summed E-state index contributed by atoms with van der Waals surface area (Å²) in [5.41, 5.74) is 9.60. The van der Waals surface area contributed by atoms with Gasteiger partial charge in [0, 0.05) is 43.0 Å². The molecular weight excluding hydrogens is 464 g/mol. The zero-order chi connectivity index (χ0) is 24.4. The third-order valence-electron chi connectivity index (χ3n) is 6.17. The predicted octanol–water partition coefficient (Wildman–Crippen LogP) is 3.54. The van der Waals surface area contributed by atoms with Gasteiger partial charge in [-0.1, -0.05) is 29.8 Å². The highest BCUT2D eigenvalue weighted by atomic mass is 32.2. The summed E-state index contributed by atoms with van der Waals surface area (Å²) < 4.78 is 39.0. The second-order valence-electron chi connectivity index (χ2n) is 8.62. The Bertz CT molecular complexity index is 1440. The second-order valence-corrected chi connectivity index (χ2v) is 10.4. The largest absolute Gasteiger partial charge is 0.492 e. The van der Waals surface area contributed by atoms with Crippen molar-refractivity contribution >= 4 is 26.7 Å². The number of hydrogen-bond acceptors (Lipinski definition) is 7. The molecule has 0 spiro atoms. The molecule has 1 aliphatic rings. The van der Waals surface area contributed by atoms with Crippen molar-refractivity contribution in [3.8, 4) is 16.9 Å². The summed E-state index contributed by atoms with van der Waals surface area (Å²) in [4.78, 5) is 7.00. The van der Waals surface area contributed by atoms with E-state index in [1.54, 1.807) is 30.5 Å². The number of pyridine rings is 1. The highest BCUT2D eigenvalue weighted by Gasteiger charge is 2.22. The molecule has 35 heavy (non-hydrogen) atoms. The molecule has 0 aliphatic carbocycles. The van der Waals surface area contributed by atoms with Gasteiger partial charge in [0.2, 0.25) is 0 Å². The molecule has 1 aliphatic heterocycles. The van der Waals surface area contributed by atoms with Crippen LogP contribution in [0, 0.1) is 6.92 Å². The first kappa shape index (κ1) is 23.3. The van der Waals surface area contributed by atoms with Crippen LogP contribution in [-0.2, 0) is 14.8 Å². The quantitative estimate of drug-likeness (QED) is 0.421. The maximum absolute atomic E-state index is 13.2. The Morgan fingerprint density at radius 3 is 2.60 bits per heavy atom. The molecule has 1 fully saturated rings. The number of morpholine rings is 1. The van der Waals surface area contributed by atoms with Crippen molar-refractivity contribution in [1.29, 1.82) is 0 Å². The summed E-state index contributed by atoms with van der Waals surface area (Å²) in [7, 11) is -3.82. The Balaban J connectivity index is 1.39. The molecule has 0 unspecified atom stereocenters. The lowest BCUT2D eigenvalue weighted by Crippen LogP contribution is -2.38. The van der Waals surface area contributed by atoms with Crippen molar-refractivity contribution < 1.29 is 17.9 Å². The molecule has 0 radical (unpaired) electrons. The van der Waals surface area contributed by atoms with Gasteiger partial charge in [-0.25, -0.2) is 17.4 Å². The van der Waals surface area contributed by atoms with Gasteiger partial charge in [-0.05, 0) is 42.8 Å². The van der Waals surface area contributed by atoms with Gasteiger partial charge in [0.1, 0.15) is 12.4 Å². The van der Waals surface area contributed by atoms with Crippen LogP contribution in [0.1, 0.15) is 5.56 Å². The van der Waals surface area contributed by atoms with Crippen LogP contribution < -0.4 is 10.5 Å². The normalized spacial score (nSPS) is 14.9. The molecule has 1 saturated heterocycles. The first-order valence-corrected chi connectivity index (χ1v) is 13.0. The Morgan fingerprint density at radius 2 is 1.83 bits per heavy atom. The maximum atomic E-state index is 13.2. The summed E-state index contributed by atoms with van der Waals surface area (Å²) in [6.07, 6.45) is 3.08. The standard InChI is InChI=1S/C26H28N4O4S/c1-19-5-7-23(8-6-19)35(31,32)30-18-25(27)24-16-21(17-28-26(24)30)20-3-2-4-22(15-20)34-14-11-29-9-12-33-13-10-29/h2-8,15-18H,9-14,27H2,1H3. The van der Waals surface area contributed by atoms with Gasteiger partial charge in [0.15, 0.2) is 5.65 Å². The number of ether oxygens (including phenoxy) is 2. The predicted molar refractivity (Wildman–Crippen MR) is 136 cm³/mol. The summed E-state index contributed by atoms with van der Waals surface area (Å²) in [5.74, 6) is 0.767. The number of fused-ring (bicyclic) bond motifs is 1. The van der Waals surface area contributed by atoms with Gasteiger partial charge >= 0.3 is 0 Å². The van der Waals surface area contributed by atoms with Crippen LogP contribution in [0.3, 0.4) is 0 Å². The van der Waals surface area contributed by atoms with E-state index in [0.717, 1.165) is 59.3 Å². The minimum atomic E-state index is -3.82. The Hall–Kier alpha value is -3.40. The fraction of sp³-hybridized carbons (Fsp3) is 0.269. The van der Waals surface area contributed by atoms with Crippen molar-refractivity contribution in [2.45, 2.75) is 11.8 Å². The van der Waals surface area contributed by atoms with Crippen molar-refractivity contribution in [2.75, 3.05) is 45.2 Å². The van der Waals surface area contributed by atoms with Gasteiger partial charge in [-0.15, -0.1) is 0 Å². The van der Waals surface area contributed by atoms with E-state index in [4.69, 9.17) is 15.2 Å². The fourth-order valence-corrected chi connectivity index (χ4v) is 5.48. The number of nitrogen functional groups attached to an aromatic ring is 1.